The molecule has 3 aromatic rings. The Labute approximate surface area is 199 Å². The Kier molecular flexibility index (Phi) is 11.5. The minimum absolute atomic E-state index is 0.329. The lowest BCUT2D eigenvalue weighted by Crippen LogP contribution is -1.96. The fourth-order valence-electron chi connectivity index (χ4n) is 2.36. The molecular formula is C25H44N6O2. The molecule has 0 aliphatic carbocycles. The van der Waals surface area contributed by atoms with Crippen LogP contribution in [0.4, 0.5) is 0 Å². The molecule has 0 radical (unpaired) electrons. The molecule has 0 saturated carbocycles. The first-order chi connectivity index (χ1) is 15.3. The molecule has 0 atom stereocenters. The lowest BCUT2D eigenvalue weighted by Gasteiger charge is -2.04. The van der Waals surface area contributed by atoms with E-state index in [0.717, 1.165) is 23.5 Å². The van der Waals surface area contributed by atoms with Crippen molar-refractivity contribution in [3.63, 3.8) is 0 Å². The summed E-state index contributed by atoms with van der Waals surface area (Å²) in [5.41, 5.74) is 1.18. The number of hydrogen-bond donors (Lipinski definition) is 0. The van der Waals surface area contributed by atoms with Gasteiger partial charge in [0.15, 0.2) is 5.82 Å². The molecule has 0 aliphatic rings. The quantitative estimate of drug-likeness (QED) is 0.383. The molecule has 8 heteroatoms. The van der Waals surface area contributed by atoms with E-state index in [9.17, 15) is 0 Å². The van der Waals surface area contributed by atoms with Crippen molar-refractivity contribution >= 4 is 0 Å². The van der Waals surface area contributed by atoms with Crippen LogP contribution in [0.5, 0.6) is 0 Å². The van der Waals surface area contributed by atoms with E-state index in [1.807, 2.05) is 47.9 Å². The Hall–Kier alpha value is -2.51. The zero-order valence-corrected chi connectivity index (χ0v) is 22.6. The third kappa shape index (κ3) is 9.48. The molecule has 8 nitrogen and oxygen atoms in total. The molecule has 0 aliphatic heterocycles. The lowest BCUT2D eigenvalue weighted by atomic mass is 10.2. The van der Waals surface area contributed by atoms with E-state index in [1.165, 1.54) is 5.69 Å². The molecule has 0 bridgehead atoms. The third-order valence-corrected chi connectivity index (χ3v) is 4.72. The van der Waals surface area contributed by atoms with Gasteiger partial charge in [-0.15, -0.1) is 10.2 Å². The number of aromatic nitrogens is 6. The van der Waals surface area contributed by atoms with E-state index in [4.69, 9.17) is 8.94 Å². The van der Waals surface area contributed by atoms with Crippen molar-refractivity contribution in [1.29, 1.82) is 0 Å². The van der Waals surface area contributed by atoms with Gasteiger partial charge in [0.25, 0.3) is 0 Å². The normalized spacial score (nSPS) is 11.5. The molecule has 33 heavy (non-hydrogen) atoms. The zero-order chi connectivity index (χ0) is 25.3. The standard InChI is InChI=1S/C9H16N2.2C8H14N2O/c1-7(2)9-5-11(6-10-9)8(3)4;1-5(2)7-9-10-8(11-7)6(3)4;1-5(2)7-9-8(6(3)4)11-10-7/h5-8H,1-4H3;2*5-6H,1-4H3. The van der Waals surface area contributed by atoms with Crippen LogP contribution in [0, 0.1) is 0 Å². The summed E-state index contributed by atoms with van der Waals surface area (Å²) >= 11 is 0. The summed E-state index contributed by atoms with van der Waals surface area (Å²) in [4.78, 5) is 8.53. The summed E-state index contributed by atoms with van der Waals surface area (Å²) in [5, 5.41) is 11.7. The van der Waals surface area contributed by atoms with E-state index in [0.29, 0.717) is 35.6 Å². The van der Waals surface area contributed by atoms with Gasteiger partial charge in [0.2, 0.25) is 17.7 Å². The van der Waals surface area contributed by atoms with Crippen LogP contribution in [0.1, 0.15) is 148 Å². The summed E-state index contributed by atoms with van der Waals surface area (Å²) < 4.78 is 12.5. The number of imidazole rings is 1. The maximum absolute atomic E-state index is 5.38. The number of nitrogens with zero attached hydrogens (tertiary/aromatic N) is 6. The van der Waals surface area contributed by atoms with E-state index >= 15 is 0 Å². The van der Waals surface area contributed by atoms with E-state index < -0.39 is 0 Å². The van der Waals surface area contributed by atoms with Crippen LogP contribution in [0.25, 0.3) is 0 Å². The second-order valence-corrected chi connectivity index (χ2v) is 10.1. The van der Waals surface area contributed by atoms with Crippen molar-refractivity contribution in [2.24, 2.45) is 0 Å². The van der Waals surface area contributed by atoms with E-state index in [1.54, 1.807) is 0 Å². The molecule has 3 rings (SSSR count). The molecule has 0 saturated heterocycles. The fraction of sp³-hybridized carbons (Fsp3) is 0.720. The summed E-state index contributed by atoms with van der Waals surface area (Å²) in [6.45, 7) is 25.0. The van der Waals surface area contributed by atoms with Gasteiger partial charge in [0, 0.05) is 35.9 Å². The summed E-state index contributed by atoms with van der Waals surface area (Å²) in [6.07, 6.45) is 4.02. The highest BCUT2D eigenvalue weighted by Crippen LogP contribution is 2.17. The second-order valence-electron chi connectivity index (χ2n) is 10.1. The smallest absolute Gasteiger partial charge is 0.229 e. The van der Waals surface area contributed by atoms with Crippen molar-refractivity contribution in [1.82, 2.24) is 29.9 Å². The molecule has 0 amide bonds. The highest BCUT2D eigenvalue weighted by Gasteiger charge is 2.12. The van der Waals surface area contributed by atoms with Crippen LogP contribution in [0.15, 0.2) is 21.5 Å². The van der Waals surface area contributed by atoms with Gasteiger partial charge < -0.3 is 13.5 Å². The van der Waals surface area contributed by atoms with E-state index in [-0.39, 0.29) is 0 Å². The van der Waals surface area contributed by atoms with Gasteiger partial charge in [0.1, 0.15) is 0 Å². The Bertz CT molecular complexity index is 732. The first-order valence-corrected chi connectivity index (χ1v) is 12.0. The molecule has 0 aromatic carbocycles. The lowest BCUT2D eigenvalue weighted by molar-refractivity contribution is 0.359. The Balaban J connectivity index is 0.000000247. The zero-order valence-electron chi connectivity index (χ0n) is 22.6. The van der Waals surface area contributed by atoms with Crippen molar-refractivity contribution in [2.45, 2.75) is 119 Å². The largest absolute Gasteiger partial charge is 0.425 e. The van der Waals surface area contributed by atoms with Crippen LogP contribution in [-0.4, -0.2) is 29.9 Å². The second kappa shape index (κ2) is 13.3. The fourth-order valence-corrected chi connectivity index (χ4v) is 2.36. The van der Waals surface area contributed by atoms with E-state index in [2.05, 4.69) is 77.6 Å². The number of hydrogen-bond acceptors (Lipinski definition) is 7. The van der Waals surface area contributed by atoms with Gasteiger partial charge >= 0.3 is 0 Å². The first-order valence-electron chi connectivity index (χ1n) is 12.0. The average Bonchev–Trinajstić information content (AvgIpc) is 3.49. The van der Waals surface area contributed by atoms with Crippen LogP contribution in [0.2, 0.25) is 0 Å². The van der Waals surface area contributed by atoms with Gasteiger partial charge in [-0.05, 0) is 19.8 Å². The van der Waals surface area contributed by atoms with Crippen LogP contribution >= 0.6 is 0 Å². The van der Waals surface area contributed by atoms with Crippen LogP contribution in [-0.2, 0) is 0 Å². The molecule has 0 unspecified atom stereocenters. The Morgan fingerprint density at radius 3 is 1.42 bits per heavy atom. The average molecular weight is 461 g/mol. The maximum Gasteiger partial charge on any atom is 0.229 e. The molecule has 186 valence electrons. The highest BCUT2D eigenvalue weighted by atomic mass is 16.5. The SMILES string of the molecule is CC(C)c1cn(C(C)C)cn1.CC(C)c1nnc(C(C)C)o1.CC(C)c1noc(C(C)C)n1. The molecule has 3 aromatic heterocycles. The third-order valence-electron chi connectivity index (χ3n) is 4.72. The minimum Gasteiger partial charge on any atom is -0.425 e. The number of rotatable bonds is 6. The van der Waals surface area contributed by atoms with Crippen molar-refractivity contribution < 1.29 is 8.94 Å². The summed E-state index contributed by atoms with van der Waals surface area (Å²) in [5.74, 6) is 4.87. The predicted molar refractivity (Wildman–Crippen MR) is 132 cm³/mol. The maximum atomic E-state index is 5.38. The molecular weight excluding hydrogens is 416 g/mol. The van der Waals surface area contributed by atoms with Gasteiger partial charge in [-0.25, -0.2) is 4.98 Å². The summed E-state index contributed by atoms with van der Waals surface area (Å²) in [6, 6.07) is 0.523. The van der Waals surface area contributed by atoms with Crippen molar-refractivity contribution in [3.05, 3.63) is 41.7 Å². The molecule has 0 N–H and O–H groups in total. The monoisotopic (exact) mass is 460 g/mol. The minimum atomic E-state index is 0.329. The van der Waals surface area contributed by atoms with Gasteiger partial charge in [0.05, 0.1) is 12.0 Å². The topological polar surface area (TPSA) is 95.7 Å². The molecule has 3 heterocycles. The predicted octanol–water partition coefficient (Wildman–Crippen LogP) is 7.22. The molecule has 0 spiro atoms. The Morgan fingerprint density at radius 2 is 1.18 bits per heavy atom. The first kappa shape index (κ1) is 28.5. The van der Waals surface area contributed by atoms with Crippen molar-refractivity contribution in [3.8, 4) is 0 Å². The van der Waals surface area contributed by atoms with Crippen LogP contribution < -0.4 is 0 Å². The van der Waals surface area contributed by atoms with Gasteiger partial charge in [-0.2, -0.15) is 4.98 Å². The highest BCUT2D eigenvalue weighted by molar-refractivity contribution is 5.02. The van der Waals surface area contributed by atoms with Crippen LogP contribution in [0.3, 0.4) is 0 Å². The van der Waals surface area contributed by atoms with Crippen molar-refractivity contribution in [2.75, 3.05) is 0 Å². The van der Waals surface area contributed by atoms with Gasteiger partial charge in [-0.3, -0.25) is 0 Å². The van der Waals surface area contributed by atoms with Gasteiger partial charge in [-0.1, -0.05) is 74.4 Å². The summed E-state index contributed by atoms with van der Waals surface area (Å²) in [7, 11) is 0. The Morgan fingerprint density at radius 1 is 0.667 bits per heavy atom. The molecule has 0 fully saturated rings.